The average Bonchev–Trinajstić information content (AvgIpc) is 2.40. The van der Waals surface area contributed by atoms with Gasteiger partial charge in [-0.3, -0.25) is 4.79 Å². The predicted molar refractivity (Wildman–Crippen MR) is 71.1 cm³/mol. The lowest BCUT2D eigenvalue weighted by molar-refractivity contribution is -0.116. The van der Waals surface area contributed by atoms with Crippen molar-refractivity contribution in [1.29, 1.82) is 0 Å². The third-order valence-electron chi connectivity index (χ3n) is 2.42. The number of benzene rings is 1. The van der Waals surface area contributed by atoms with Gasteiger partial charge in [-0.2, -0.15) is 0 Å². The number of carbonyl (C=O) groups excluding carboxylic acids is 2. The molecule has 98 valence electrons. The number of hydrogen-bond donors (Lipinski definition) is 0. The standard InChI is InChI=1S/C13H16ClNO3/c1-3-15(12(16)9-14)11-8-6-5-7-10(11)13(17)18-4-2/h5-8H,3-4,9H2,1-2H3. The summed E-state index contributed by atoms with van der Waals surface area (Å²) in [6, 6.07) is 6.84. The van der Waals surface area contributed by atoms with Gasteiger partial charge in [0.15, 0.2) is 0 Å². The predicted octanol–water partition coefficient (Wildman–Crippen LogP) is 2.46. The van der Waals surface area contributed by atoms with Crippen molar-refractivity contribution in [3.63, 3.8) is 0 Å². The summed E-state index contributed by atoms with van der Waals surface area (Å²) in [5.74, 6) is -0.796. The van der Waals surface area contributed by atoms with Gasteiger partial charge in [-0.05, 0) is 26.0 Å². The number of para-hydroxylation sites is 1. The second-order valence-electron chi connectivity index (χ2n) is 3.51. The maximum absolute atomic E-state index is 11.8. The van der Waals surface area contributed by atoms with Crippen molar-refractivity contribution >= 4 is 29.2 Å². The van der Waals surface area contributed by atoms with E-state index >= 15 is 0 Å². The fourth-order valence-electron chi connectivity index (χ4n) is 1.64. The highest BCUT2D eigenvalue weighted by Crippen LogP contribution is 2.21. The summed E-state index contributed by atoms with van der Waals surface area (Å²) in [5, 5.41) is 0. The Hall–Kier alpha value is -1.55. The highest BCUT2D eigenvalue weighted by atomic mass is 35.5. The van der Waals surface area contributed by atoms with E-state index in [2.05, 4.69) is 0 Å². The Labute approximate surface area is 111 Å². The number of rotatable bonds is 5. The summed E-state index contributed by atoms with van der Waals surface area (Å²) < 4.78 is 4.97. The third-order valence-corrected chi connectivity index (χ3v) is 2.65. The van der Waals surface area contributed by atoms with Crippen molar-refractivity contribution in [3.8, 4) is 0 Å². The van der Waals surface area contributed by atoms with E-state index < -0.39 is 5.97 Å². The van der Waals surface area contributed by atoms with Crippen molar-refractivity contribution in [2.24, 2.45) is 0 Å². The highest BCUT2D eigenvalue weighted by molar-refractivity contribution is 6.29. The van der Waals surface area contributed by atoms with Crippen molar-refractivity contribution in [2.75, 3.05) is 23.9 Å². The van der Waals surface area contributed by atoms with Crippen molar-refractivity contribution in [3.05, 3.63) is 29.8 Å². The highest BCUT2D eigenvalue weighted by Gasteiger charge is 2.20. The molecule has 0 bridgehead atoms. The van der Waals surface area contributed by atoms with Crippen LogP contribution >= 0.6 is 11.6 Å². The molecule has 5 heteroatoms. The Morgan fingerprint density at radius 3 is 2.50 bits per heavy atom. The fraction of sp³-hybridized carbons (Fsp3) is 0.385. The molecule has 0 saturated carbocycles. The summed E-state index contributed by atoms with van der Waals surface area (Å²) in [5.41, 5.74) is 0.906. The Morgan fingerprint density at radius 1 is 1.28 bits per heavy atom. The lowest BCUT2D eigenvalue weighted by Crippen LogP contribution is -2.33. The lowest BCUT2D eigenvalue weighted by atomic mass is 10.1. The zero-order valence-corrected chi connectivity index (χ0v) is 11.2. The zero-order chi connectivity index (χ0) is 13.5. The SMILES string of the molecule is CCOC(=O)c1ccccc1N(CC)C(=O)CCl. The van der Waals surface area contributed by atoms with Gasteiger partial charge in [0.05, 0.1) is 17.9 Å². The number of anilines is 1. The molecule has 0 fully saturated rings. The van der Waals surface area contributed by atoms with E-state index in [9.17, 15) is 9.59 Å². The molecule has 0 spiro atoms. The minimum absolute atomic E-state index is 0.120. The van der Waals surface area contributed by atoms with Gasteiger partial charge in [0.1, 0.15) is 5.88 Å². The molecule has 18 heavy (non-hydrogen) atoms. The molecule has 1 amide bonds. The Bertz CT molecular complexity index is 434. The van der Waals surface area contributed by atoms with E-state index in [0.717, 1.165) is 0 Å². The Kier molecular flexibility index (Phi) is 5.65. The molecule has 0 aliphatic heterocycles. The topological polar surface area (TPSA) is 46.6 Å². The molecule has 4 nitrogen and oxygen atoms in total. The minimum atomic E-state index is -0.436. The Morgan fingerprint density at radius 2 is 1.94 bits per heavy atom. The van der Waals surface area contributed by atoms with Gasteiger partial charge in [0.2, 0.25) is 5.91 Å². The van der Waals surface area contributed by atoms with Gasteiger partial charge in [0.25, 0.3) is 0 Å². The van der Waals surface area contributed by atoms with Gasteiger partial charge < -0.3 is 9.64 Å². The van der Waals surface area contributed by atoms with Gasteiger partial charge in [-0.15, -0.1) is 11.6 Å². The molecular formula is C13H16ClNO3. The van der Waals surface area contributed by atoms with Gasteiger partial charge in [0, 0.05) is 6.54 Å². The van der Waals surface area contributed by atoms with Crippen molar-refractivity contribution < 1.29 is 14.3 Å². The van der Waals surface area contributed by atoms with Crippen LogP contribution in [0, 0.1) is 0 Å². The van der Waals surface area contributed by atoms with Crippen LogP contribution in [0.5, 0.6) is 0 Å². The number of hydrogen-bond acceptors (Lipinski definition) is 3. The van der Waals surface area contributed by atoms with Gasteiger partial charge in [-0.1, -0.05) is 12.1 Å². The summed E-state index contributed by atoms with van der Waals surface area (Å²) >= 11 is 5.56. The molecule has 0 radical (unpaired) electrons. The molecule has 1 rings (SSSR count). The quantitative estimate of drug-likeness (QED) is 0.609. The van der Waals surface area contributed by atoms with E-state index in [4.69, 9.17) is 16.3 Å². The lowest BCUT2D eigenvalue weighted by Gasteiger charge is -2.22. The maximum atomic E-state index is 11.8. The molecule has 0 aromatic heterocycles. The molecule has 0 unspecified atom stereocenters. The van der Waals surface area contributed by atoms with Gasteiger partial charge >= 0.3 is 5.97 Å². The maximum Gasteiger partial charge on any atom is 0.340 e. The molecule has 0 N–H and O–H groups in total. The van der Waals surface area contributed by atoms with E-state index in [0.29, 0.717) is 24.4 Å². The van der Waals surface area contributed by atoms with Crippen LogP contribution in [0.4, 0.5) is 5.69 Å². The molecule has 0 atom stereocenters. The second kappa shape index (κ2) is 7.01. The first-order valence-electron chi connectivity index (χ1n) is 5.78. The normalized spacial score (nSPS) is 9.94. The van der Waals surface area contributed by atoms with E-state index in [1.54, 1.807) is 31.2 Å². The number of carbonyl (C=O) groups is 2. The first-order chi connectivity index (χ1) is 8.65. The number of nitrogens with zero attached hydrogens (tertiary/aromatic N) is 1. The molecule has 1 aromatic carbocycles. The number of amides is 1. The molecule has 0 aliphatic rings. The molecular weight excluding hydrogens is 254 g/mol. The van der Waals surface area contributed by atoms with Gasteiger partial charge in [-0.25, -0.2) is 4.79 Å². The first-order valence-corrected chi connectivity index (χ1v) is 6.31. The van der Waals surface area contributed by atoms with Crippen LogP contribution in [-0.4, -0.2) is 30.9 Å². The summed E-state index contributed by atoms with van der Waals surface area (Å²) in [4.78, 5) is 25.0. The largest absolute Gasteiger partial charge is 0.462 e. The summed E-state index contributed by atoms with van der Waals surface area (Å²) in [7, 11) is 0. The first kappa shape index (κ1) is 14.5. The van der Waals surface area contributed by atoms with Crippen LogP contribution < -0.4 is 4.90 Å². The number of alkyl halides is 1. The number of halogens is 1. The van der Waals surface area contributed by atoms with E-state index in [1.807, 2.05) is 6.92 Å². The molecule has 0 heterocycles. The fourth-order valence-corrected chi connectivity index (χ4v) is 1.79. The average molecular weight is 270 g/mol. The van der Waals surface area contributed by atoms with E-state index in [-0.39, 0.29) is 11.8 Å². The molecule has 1 aromatic rings. The summed E-state index contributed by atoms with van der Waals surface area (Å²) in [6.07, 6.45) is 0. The minimum Gasteiger partial charge on any atom is -0.462 e. The van der Waals surface area contributed by atoms with Crippen LogP contribution in [0.3, 0.4) is 0 Å². The second-order valence-corrected chi connectivity index (χ2v) is 3.78. The monoisotopic (exact) mass is 269 g/mol. The van der Waals surface area contributed by atoms with Crippen molar-refractivity contribution in [1.82, 2.24) is 0 Å². The molecule has 0 aliphatic carbocycles. The van der Waals surface area contributed by atoms with Crippen LogP contribution in [0.2, 0.25) is 0 Å². The van der Waals surface area contributed by atoms with Crippen molar-refractivity contribution in [2.45, 2.75) is 13.8 Å². The van der Waals surface area contributed by atoms with E-state index in [1.165, 1.54) is 4.90 Å². The smallest absolute Gasteiger partial charge is 0.340 e. The van der Waals surface area contributed by atoms with Crippen LogP contribution in [0.25, 0.3) is 0 Å². The Balaban J connectivity index is 3.14. The number of esters is 1. The van der Waals surface area contributed by atoms with Crippen LogP contribution in [0.1, 0.15) is 24.2 Å². The summed E-state index contributed by atoms with van der Waals surface area (Å²) in [6.45, 7) is 4.30. The molecule has 0 saturated heterocycles. The van der Waals surface area contributed by atoms with Crippen LogP contribution in [0.15, 0.2) is 24.3 Å². The third kappa shape index (κ3) is 3.23. The number of ether oxygens (including phenoxy) is 1. The zero-order valence-electron chi connectivity index (χ0n) is 10.5. The van der Waals surface area contributed by atoms with Crippen LogP contribution in [-0.2, 0) is 9.53 Å².